The van der Waals surface area contributed by atoms with E-state index in [0.29, 0.717) is 24.7 Å². The highest BCUT2D eigenvalue weighted by atomic mass is 35.5. The first-order valence-corrected chi connectivity index (χ1v) is 11.0. The van der Waals surface area contributed by atoms with E-state index in [1.165, 1.54) is 12.1 Å². The summed E-state index contributed by atoms with van der Waals surface area (Å²) in [5.41, 5.74) is 2.32. The van der Waals surface area contributed by atoms with E-state index in [-0.39, 0.29) is 18.1 Å². The molecule has 1 aliphatic rings. The summed E-state index contributed by atoms with van der Waals surface area (Å²) in [6.07, 6.45) is 1.08. The molecule has 1 saturated heterocycles. The number of carbonyl (C=O) groups excluding carboxylic acids is 1. The number of anilines is 1. The first-order chi connectivity index (χ1) is 15.5. The van der Waals surface area contributed by atoms with Gasteiger partial charge in [0.15, 0.2) is 5.65 Å². The van der Waals surface area contributed by atoms with Gasteiger partial charge in [0.2, 0.25) is 11.9 Å². The fraction of sp³-hybridized carbons (Fsp3) is 0.304. The number of aromatic nitrogens is 4. The lowest BCUT2D eigenvalue weighted by molar-refractivity contribution is -0.130. The number of halogens is 2. The monoisotopic (exact) mass is 452 g/mol. The van der Waals surface area contributed by atoms with Crippen LogP contribution >= 0.6 is 11.6 Å². The van der Waals surface area contributed by atoms with Crippen molar-refractivity contribution in [3.8, 4) is 0 Å². The summed E-state index contributed by atoms with van der Waals surface area (Å²) in [6.45, 7) is 4.55. The Hall–Kier alpha value is -3.26. The van der Waals surface area contributed by atoms with Crippen LogP contribution in [-0.2, 0) is 11.2 Å². The van der Waals surface area contributed by atoms with Crippen LogP contribution in [0.2, 0.25) is 5.02 Å². The minimum absolute atomic E-state index is 0.0438. The Labute approximate surface area is 189 Å². The molecule has 164 valence electrons. The van der Waals surface area contributed by atoms with E-state index in [1.54, 1.807) is 12.1 Å². The molecule has 2 aromatic heterocycles. The molecule has 3 heterocycles. The molecule has 0 aliphatic carbocycles. The molecule has 7 nitrogen and oxygen atoms in total. The van der Waals surface area contributed by atoms with E-state index in [2.05, 4.69) is 15.1 Å². The predicted molar refractivity (Wildman–Crippen MR) is 122 cm³/mol. The molecule has 0 radical (unpaired) electrons. The van der Waals surface area contributed by atoms with Gasteiger partial charge in [-0.1, -0.05) is 23.7 Å². The van der Waals surface area contributed by atoms with E-state index >= 15 is 0 Å². The molecule has 0 bridgehead atoms. The number of amides is 1. The third-order valence-corrected chi connectivity index (χ3v) is 6.08. The van der Waals surface area contributed by atoms with Crippen molar-refractivity contribution < 1.29 is 9.18 Å². The van der Waals surface area contributed by atoms with Gasteiger partial charge in [0.1, 0.15) is 11.6 Å². The molecule has 0 unspecified atom stereocenters. The van der Waals surface area contributed by atoms with Gasteiger partial charge < -0.3 is 9.80 Å². The normalized spacial score (nSPS) is 14.8. The minimum atomic E-state index is -0.300. The zero-order chi connectivity index (χ0) is 22.2. The number of fused-ring (bicyclic) bond motifs is 3. The topological polar surface area (TPSA) is 66.6 Å². The van der Waals surface area contributed by atoms with Crippen LogP contribution in [0.5, 0.6) is 0 Å². The van der Waals surface area contributed by atoms with E-state index in [4.69, 9.17) is 16.6 Å². The van der Waals surface area contributed by atoms with Gasteiger partial charge in [-0.25, -0.2) is 13.8 Å². The summed E-state index contributed by atoms with van der Waals surface area (Å²) in [6, 6.07) is 11.7. The van der Waals surface area contributed by atoms with Gasteiger partial charge in [-0.05, 0) is 49.2 Å². The van der Waals surface area contributed by atoms with Crippen LogP contribution in [0.25, 0.3) is 16.6 Å². The molecular formula is C23H22ClFN6O. The fourth-order valence-electron chi connectivity index (χ4n) is 4.19. The van der Waals surface area contributed by atoms with E-state index in [1.807, 2.05) is 34.4 Å². The molecule has 0 spiro atoms. The molecule has 9 heteroatoms. The number of rotatable bonds is 3. The van der Waals surface area contributed by atoms with Crippen LogP contribution in [-0.4, -0.2) is 56.6 Å². The average molecular weight is 453 g/mol. The Kier molecular flexibility index (Phi) is 5.38. The molecule has 1 fully saturated rings. The maximum atomic E-state index is 13.1. The van der Waals surface area contributed by atoms with Gasteiger partial charge >= 0.3 is 0 Å². The number of aryl methyl sites for hydroxylation is 1. The molecular weight excluding hydrogens is 431 g/mol. The molecule has 1 aliphatic heterocycles. The SMILES string of the molecule is Cc1nnc2c3ccc(Cl)cc3nc(N3CCCN(C(=O)Cc4ccc(F)cc4)CC3)n12. The molecule has 32 heavy (non-hydrogen) atoms. The zero-order valence-corrected chi connectivity index (χ0v) is 18.4. The quantitative estimate of drug-likeness (QED) is 0.474. The van der Waals surface area contributed by atoms with Crippen molar-refractivity contribution in [1.29, 1.82) is 0 Å². The lowest BCUT2D eigenvalue weighted by Gasteiger charge is -2.24. The lowest BCUT2D eigenvalue weighted by Crippen LogP contribution is -2.36. The van der Waals surface area contributed by atoms with Gasteiger partial charge in [-0.3, -0.25) is 4.79 Å². The van der Waals surface area contributed by atoms with Gasteiger partial charge in [0.05, 0.1) is 11.9 Å². The highest BCUT2D eigenvalue weighted by Crippen LogP contribution is 2.27. The van der Waals surface area contributed by atoms with Crippen LogP contribution in [0.4, 0.5) is 10.3 Å². The van der Waals surface area contributed by atoms with Gasteiger partial charge in [0, 0.05) is 36.6 Å². The van der Waals surface area contributed by atoms with Crippen molar-refractivity contribution in [3.63, 3.8) is 0 Å². The summed E-state index contributed by atoms with van der Waals surface area (Å²) in [5.74, 6) is 1.26. The summed E-state index contributed by atoms with van der Waals surface area (Å²) in [7, 11) is 0. The van der Waals surface area contributed by atoms with E-state index in [9.17, 15) is 9.18 Å². The average Bonchev–Trinajstić information content (AvgIpc) is 3.01. The molecule has 0 saturated carbocycles. The van der Waals surface area contributed by atoms with Crippen molar-refractivity contribution in [3.05, 3.63) is 64.7 Å². The number of hydrogen-bond donors (Lipinski definition) is 0. The standard InChI is InChI=1S/C23H22ClFN6O/c1-15-27-28-22-19-8-5-17(24)14-20(19)26-23(31(15)22)30-10-2-9-29(11-12-30)21(32)13-16-3-6-18(25)7-4-16/h3-8,14H,2,9-13H2,1H3. The third kappa shape index (κ3) is 3.86. The minimum Gasteiger partial charge on any atom is -0.341 e. The highest BCUT2D eigenvalue weighted by molar-refractivity contribution is 6.31. The summed E-state index contributed by atoms with van der Waals surface area (Å²) < 4.78 is 15.1. The van der Waals surface area contributed by atoms with E-state index in [0.717, 1.165) is 46.9 Å². The van der Waals surface area contributed by atoms with Crippen LogP contribution in [0.3, 0.4) is 0 Å². The van der Waals surface area contributed by atoms with Crippen molar-refractivity contribution in [2.75, 3.05) is 31.1 Å². The molecule has 1 amide bonds. The molecule has 5 rings (SSSR count). The van der Waals surface area contributed by atoms with Gasteiger partial charge in [-0.15, -0.1) is 10.2 Å². The second kappa shape index (κ2) is 8.35. The smallest absolute Gasteiger partial charge is 0.227 e. The molecule has 0 N–H and O–H groups in total. The van der Waals surface area contributed by atoms with E-state index < -0.39 is 0 Å². The van der Waals surface area contributed by atoms with Crippen LogP contribution in [0.1, 0.15) is 17.8 Å². The largest absolute Gasteiger partial charge is 0.341 e. The maximum absolute atomic E-state index is 13.1. The number of benzene rings is 2. The second-order valence-electron chi connectivity index (χ2n) is 8.00. The summed E-state index contributed by atoms with van der Waals surface area (Å²) >= 11 is 6.21. The molecule has 2 aromatic carbocycles. The van der Waals surface area contributed by atoms with Gasteiger partial charge in [-0.2, -0.15) is 0 Å². The van der Waals surface area contributed by atoms with Gasteiger partial charge in [0.25, 0.3) is 0 Å². The zero-order valence-electron chi connectivity index (χ0n) is 17.6. The van der Waals surface area contributed by atoms with Crippen LogP contribution in [0.15, 0.2) is 42.5 Å². The maximum Gasteiger partial charge on any atom is 0.227 e. The van der Waals surface area contributed by atoms with Crippen molar-refractivity contribution in [1.82, 2.24) is 24.5 Å². The Balaban J connectivity index is 1.40. The number of nitrogens with zero attached hydrogens (tertiary/aromatic N) is 6. The number of hydrogen-bond acceptors (Lipinski definition) is 5. The Bertz CT molecular complexity index is 1310. The summed E-state index contributed by atoms with van der Waals surface area (Å²) in [5, 5.41) is 10.1. The van der Waals surface area contributed by atoms with Crippen molar-refractivity contribution >= 4 is 40.0 Å². The number of carbonyl (C=O) groups is 1. The third-order valence-electron chi connectivity index (χ3n) is 5.85. The van der Waals surface area contributed by atoms with Crippen molar-refractivity contribution in [2.24, 2.45) is 0 Å². The first-order valence-electron chi connectivity index (χ1n) is 10.6. The predicted octanol–water partition coefficient (Wildman–Crippen LogP) is 3.66. The fourth-order valence-corrected chi connectivity index (χ4v) is 4.35. The molecule has 4 aromatic rings. The Morgan fingerprint density at radius 1 is 1.06 bits per heavy atom. The first kappa shape index (κ1) is 20.6. The Morgan fingerprint density at radius 2 is 1.88 bits per heavy atom. The summed E-state index contributed by atoms with van der Waals surface area (Å²) in [4.78, 5) is 21.8. The van der Waals surface area contributed by atoms with Crippen molar-refractivity contribution in [2.45, 2.75) is 19.8 Å². The lowest BCUT2D eigenvalue weighted by atomic mass is 10.1. The second-order valence-corrected chi connectivity index (χ2v) is 8.44. The highest BCUT2D eigenvalue weighted by Gasteiger charge is 2.23. The van der Waals surface area contributed by atoms with Crippen LogP contribution in [0, 0.1) is 12.7 Å². The molecule has 0 atom stereocenters. The van der Waals surface area contributed by atoms with Crippen LogP contribution < -0.4 is 4.90 Å². The Morgan fingerprint density at radius 3 is 2.69 bits per heavy atom.